The van der Waals surface area contributed by atoms with Gasteiger partial charge < -0.3 is 42.9 Å². The van der Waals surface area contributed by atoms with Crippen LogP contribution in [0.15, 0.2) is 37.7 Å². The maximum absolute atomic E-state index is 11.1. The molecule has 7 heterocycles. The molecule has 44 heavy (non-hydrogen) atoms. The summed E-state index contributed by atoms with van der Waals surface area (Å²) in [6.45, 7) is -7.41. The summed E-state index contributed by atoms with van der Waals surface area (Å²) in [5.41, 5.74) is 8.87. The molecule has 232 valence electrons. The molecule has 0 spiro atoms. The Balaban J connectivity index is 1.03. The molecule has 3 fully saturated rings. The Morgan fingerprint density at radius 2 is 1.57 bits per heavy atom. The lowest BCUT2D eigenvalue weighted by Crippen LogP contribution is -2.43. The molecular weight excluding hydrogens is 654 g/mol. The molecule has 0 aromatic carbocycles. The second kappa shape index (κ2) is 10.8. The third kappa shape index (κ3) is 5.05. The summed E-state index contributed by atoms with van der Waals surface area (Å²) in [6, 6.07) is -0.0950. The first-order chi connectivity index (χ1) is 21.2. The van der Waals surface area contributed by atoms with Crippen molar-refractivity contribution in [3.8, 4) is 0 Å². The fourth-order valence-corrected chi connectivity index (χ4v) is 8.77. The number of anilines is 1. The van der Waals surface area contributed by atoms with Crippen molar-refractivity contribution in [3.05, 3.63) is 37.7 Å². The van der Waals surface area contributed by atoms with Crippen LogP contribution in [0.4, 0.5) is 5.82 Å². The van der Waals surface area contributed by atoms with E-state index in [0.717, 1.165) is 0 Å². The number of aromatic nitrogens is 9. The average Bonchev–Trinajstić information content (AvgIpc) is 3.76. The van der Waals surface area contributed by atoms with E-state index in [4.69, 9.17) is 52.2 Å². The number of nitrogen functional groups attached to an aromatic ring is 1. The number of ether oxygens (including phenoxy) is 1. The third-order valence-electron chi connectivity index (χ3n) is 8.38. The minimum atomic E-state index is -3.72. The van der Waals surface area contributed by atoms with E-state index in [-0.39, 0.29) is 49.9 Å². The molecule has 8 atom stereocenters. The van der Waals surface area contributed by atoms with Gasteiger partial charge in [-0.3, -0.25) is 8.97 Å². The van der Waals surface area contributed by atoms with E-state index >= 15 is 0 Å². The number of rotatable bonds is 2. The average molecular weight is 681 g/mol. The highest BCUT2D eigenvalue weighted by molar-refractivity contribution is 8.07. The molecule has 1 aliphatic carbocycles. The quantitative estimate of drug-likeness (QED) is 0.228. The SMILES string of the molecule is Nc1ncnc2c1ncn2[C@H]1C[C@@H]2OP(O)(=S)OC[C@H]3C[C@@H](n4cnc5c4ncn4ccnc54)[C@@H]3COP(O)(=S)OC[C@H]2O1. The van der Waals surface area contributed by atoms with Crippen molar-refractivity contribution in [2.24, 2.45) is 11.8 Å². The first kappa shape index (κ1) is 28.9. The van der Waals surface area contributed by atoms with Gasteiger partial charge in [-0.15, -0.1) is 0 Å². The fourth-order valence-electron chi connectivity index (χ4n) is 6.12. The monoisotopic (exact) mass is 680 g/mol. The fraction of sp³-hybridized carbons (Fsp3) is 0.478. The lowest BCUT2D eigenvalue weighted by Gasteiger charge is -2.45. The van der Waals surface area contributed by atoms with Crippen LogP contribution in [0.5, 0.6) is 0 Å². The van der Waals surface area contributed by atoms with Gasteiger partial charge in [0.15, 0.2) is 28.3 Å². The molecule has 8 rings (SSSR count). The predicted molar refractivity (Wildman–Crippen MR) is 161 cm³/mol. The molecular formula is C23H26N10O7P2S2. The Kier molecular flexibility index (Phi) is 7.08. The van der Waals surface area contributed by atoms with Crippen molar-refractivity contribution in [2.75, 3.05) is 25.6 Å². The zero-order valence-corrected chi connectivity index (χ0v) is 26.1. The molecule has 2 saturated heterocycles. The molecule has 1 saturated carbocycles. The molecule has 2 aliphatic heterocycles. The van der Waals surface area contributed by atoms with Gasteiger partial charge in [0.2, 0.25) is 0 Å². The van der Waals surface area contributed by atoms with Gasteiger partial charge >= 0.3 is 13.4 Å². The second-order valence-corrected chi connectivity index (χ2v) is 16.5. The Morgan fingerprint density at radius 1 is 0.795 bits per heavy atom. The first-order valence-corrected chi connectivity index (χ1v) is 18.8. The molecule has 17 nitrogen and oxygen atoms in total. The lowest BCUT2D eigenvalue weighted by molar-refractivity contribution is -0.0389. The molecule has 21 heteroatoms. The van der Waals surface area contributed by atoms with Gasteiger partial charge in [0.05, 0.1) is 38.6 Å². The highest BCUT2D eigenvalue weighted by Crippen LogP contribution is 2.55. The smallest absolute Gasteiger partial charge is 0.324 e. The van der Waals surface area contributed by atoms with Crippen molar-refractivity contribution in [1.82, 2.24) is 43.4 Å². The number of hydrogen-bond acceptors (Lipinski definition) is 14. The van der Waals surface area contributed by atoms with Gasteiger partial charge in [0, 0.05) is 30.8 Å². The number of fused-ring (bicyclic) bond motifs is 6. The first-order valence-electron chi connectivity index (χ1n) is 13.7. The largest absolute Gasteiger partial charge is 0.382 e. The van der Waals surface area contributed by atoms with Crippen molar-refractivity contribution < 1.29 is 32.6 Å². The normalized spacial score (nSPS) is 35.0. The number of imidazole rings is 3. The van der Waals surface area contributed by atoms with Gasteiger partial charge in [-0.05, 0) is 36.0 Å². The molecule has 3 aliphatic rings. The van der Waals surface area contributed by atoms with Crippen molar-refractivity contribution in [1.29, 1.82) is 0 Å². The molecule has 0 bridgehead atoms. The van der Waals surface area contributed by atoms with Crippen LogP contribution in [0.3, 0.4) is 0 Å². The lowest BCUT2D eigenvalue weighted by atomic mass is 9.70. The summed E-state index contributed by atoms with van der Waals surface area (Å²) in [5.74, 6) is -0.0362. The summed E-state index contributed by atoms with van der Waals surface area (Å²) in [4.78, 5) is 48.2. The van der Waals surface area contributed by atoms with Crippen LogP contribution in [0.2, 0.25) is 0 Å². The molecule has 0 radical (unpaired) electrons. The molecule has 5 aromatic rings. The van der Waals surface area contributed by atoms with Crippen LogP contribution in [0, 0.1) is 11.8 Å². The second-order valence-electron chi connectivity index (χ2n) is 10.9. The molecule has 5 aromatic heterocycles. The topological polar surface area (TPSA) is 204 Å². The maximum Gasteiger partial charge on any atom is 0.324 e. The standard InChI is InChI=1S/C23H26N10O7P2S2/c24-20-18-22(27-8-26-20)33(11-28-18)17-4-15-16(39-17)7-38-41(34,43)37-6-13-12(5-36-42(35,44)40-15)3-14(13)32-10-29-19-21-25-1-2-31(21)9-30-23(19)32/h1-2,8-17H,3-7H2,(H,34,43)(H,35,44)(H2,24,26,27)/t12-,13-,14-,15+,16-,17-,41?,42?/m1/s1. The highest BCUT2D eigenvalue weighted by atomic mass is 32.5. The van der Waals surface area contributed by atoms with Gasteiger partial charge in [-0.1, -0.05) is 0 Å². The van der Waals surface area contributed by atoms with Crippen molar-refractivity contribution in [3.63, 3.8) is 0 Å². The summed E-state index contributed by atoms with van der Waals surface area (Å²) < 4.78 is 35.1. The number of hydrogen-bond donors (Lipinski definition) is 3. The Hall–Kier alpha value is -2.54. The minimum Gasteiger partial charge on any atom is -0.382 e. The van der Waals surface area contributed by atoms with Crippen LogP contribution in [0.1, 0.15) is 25.1 Å². The van der Waals surface area contributed by atoms with Gasteiger partial charge in [-0.25, -0.2) is 29.9 Å². The number of nitrogens with zero attached hydrogens (tertiary/aromatic N) is 9. The van der Waals surface area contributed by atoms with E-state index in [1.807, 2.05) is 4.57 Å². The maximum atomic E-state index is 11.1. The molecule has 0 amide bonds. The van der Waals surface area contributed by atoms with Gasteiger partial charge in [-0.2, -0.15) is 0 Å². The summed E-state index contributed by atoms with van der Waals surface area (Å²) in [7, 11) is 0. The molecule has 4 N–H and O–H groups in total. The van der Waals surface area contributed by atoms with Crippen LogP contribution in [0.25, 0.3) is 28.0 Å². The summed E-state index contributed by atoms with van der Waals surface area (Å²) in [6.07, 6.45) is 8.53. The van der Waals surface area contributed by atoms with E-state index in [2.05, 4.69) is 29.9 Å². The van der Waals surface area contributed by atoms with Crippen LogP contribution >= 0.6 is 13.4 Å². The zero-order valence-electron chi connectivity index (χ0n) is 22.7. The third-order valence-corrected chi connectivity index (χ3v) is 11.6. The minimum absolute atomic E-state index is 0.0760. The van der Waals surface area contributed by atoms with E-state index in [9.17, 15) is 9.79 Å². The Bertz CT molecular complexity index is 1990. The number of nitrogens with two attached hydrogens (primary N) is 1. The van der Waals surface area contributed by atoms with Crippen LogP contribution in [-0.2, 0) is 46.4 Å². The van der Waals surface area contributed by atoms with E-state index in [1.54, 1.807) is 34.0 Å². The van der Waals surface area contributed by atoms with Gasteiger partial charge in [0.25, 0.3) is 0 Å². The van der Waals surface area contributed by atoms with Crippen molar-refractivity contribution in [2.45, 2.75) is 37.3 Å². The Morgan fingerprint density at radius 3 is 2.45 bits per heavy atom. The van der Waals surface area contributed by atoms with E-state index in [1.165, 1.54) is 12.7 Å². The van der Waals surface area contributed by atoms with Crippen molar-refractivity contribution >= 4 is 70.8 Å². The highest BCUT2D eigenvalue weighted by Gasteiger charge is 2.47. The summed E-state index contributed by atoms with van der Waals surface area (Å²) >= 11 is 10.8. The van der Waals surface area contributed by atoms with Crippen LogP contribution in [-0.4, -0.2) is 85.3 Å². The van der Waals surface area contributed by atoms with Crippen LogP contribution < -0.4 is 5.73 Å². The summed E-state index contributed by atoms with van der Waals surface area (Å²) in [5, 5.41) is 0. The Labute approximate surface area is 258 Å². The van der Waals surface area contributed by atoms with E-state index < -0.39 is 31.9 Å². The zero-order chi connectivity index (χ0) is 30.2. The molecule has 2 unspecified atom stereocenters. The van der Waals surface area contributed by atoms with Gasteiger partial charge in [0.1, 0.15) is 30.5 Å². The van der Waals surface area contributed by atoms with E-state index in [0.29, 0.717) is 34.4 Å². The predicted octanol–water partition coefficient (Wildman–Crippen LogP) is 1.85.